The second-order valence-corrected chi connectivity index (χ2v) is 11.5. The number of hydrogen-bond donors (Lipinski definition) is 2. The lowest BCUT2D eigenvalue weighted by Gasteiger charge is -2.22. The van der Waals surface area contributed by atoms with Gasteiger partial charge in [-0.15, -0.1) is 0 Å². The Labute approximate surface area is 224 Å². The van der Waals surface area contributed by atoms with Crippen LogP contribution in [0.1, 0.15) is 54.2 Å². The molecule has 0 bridgehead atoms. The van der Waals surface area contributed by atoms with Crippen LogP contribution in [-0.2, 0) is 9.47 Å². The normalized spacial score (nSPS) is 12.5. The van der Waals surface area contributed by atoms with Gasteiger partial charge in [0.2, 0.25) is 0 Å². The minimum absolute atomic E-state index is 0.0529. The highest BCUT2D eigenvalue weighted by atomic mass is 79.9. The van der Waals surface area contributed by atoms with Crippen LogP contribution in [0.5, 0.6) is 0 Å². The molecule has 1 unspecified atom stereocenters. The minimum atomic E-state index is -0.731. The summed E-state index contributed by atoms with van der Waals surface area (Å²) in [7, 11) is 0. The molecule has 0 spiro atoms. The Morgan fingerprint density at radius 1 is 1.14 bits per heavy atom. The van der Waals surface area contributed by atoms with Gasteiger partial charge in [0.1, 0.15) is 28.8 Å². The molecular formula is C26H31BrN6O4. The third-order valence-corrected chi connectivity index (χ3v) is 5.31. The number of aromatic nitrogens is 3. The number of fused-ring (bicyclic) bond motifs is 1. The van der Waals surface area contributed by atoms with E-state index < -0.39 is 23.4 Å². The first-order chi connectivity index (χ1) is 17.2. The molecule has 1 aromatic carbocycles. The predicted octanol–water partition coefficient (Wildman–Crippen LogP) is 5.84. The van der Waals surface area contributed by atoms with Gasteiger partial charge in [0.05, 0.1) is 17.4 Å². The standard InChI is InChI=1S/C26H31BrN6O4/c1-15(31-23(34)36-25(2,3)4)13-30-21-14-29-18(12-28)22(32-21)20-11-16-10-17(27)8-9-19(16)33(20)24(35)37-26(5,6)7/h8-11,14-15H,13H2,1-7H3,(H,30,32)(H,31,34). The fraction of sp³-hybridized carbons (Fsp3) is 0.423. The second kappa shape index (κ2) is 10.8. The van der Waals surface area contributed by atoms with Crippen LogP contribution in [-0.4, -0.2) is 50.5 Å². The van der Waals surface area contributed by atoms with E-state index in [-0.39, 0.29) is 17.4 Å². The Kier molecular flexibility index (Phi) is 8.12. The lowest BCUT2D eigenvalue weighted by atomic mass is 10.2. The third-order valence-electron chi connectivity index (χ3n) is 4.81. The van der Waals surface area contributed by atoms with Crippen LogP contribution in [0.4, 0.5) is 15.4 Å². The Bertz CT molecular complexity index is 1360. The van der Waals surface area contributed by atoms with E-state index in [4.69, 9.17) is 9.47 Å². The van der Waals surface area contributed by atoms with Crippen molar-refractivity contribution in [2.24, 2.45) is 0 Å². The summed E-state index contributed by atoms with van der Waals surface area (Å²) >= 11 is 3.46. The van der Waals surface area contributed by atoms with Gasteiger partial charge in [-0.25, -0.2) is 24.1 Å². The topological polar surface area (TPSA) is 131 Å². The van der Waals surface area contributed by atoms with Crippen molar-refractivity contribution in [2.75, 3.05) is 11.9 Å². The molecule has 11 heteroatoms. The molecule has 2 N–H and O–H groups in total. The summed E-state index contributed by atoms with van der Waals surface area (Å²) in [6.07, 6.45) is 0.305. The molecule has 3 aromatic rings. The number of nitrogens with one attached hydrogen (secondary N) is 2. The molecule has 37 heavy (non-hydrogen) atoms. The Hall–Kier alpha value is -3.65. The molecule has 0 aliphatic carbocycles. The molecule has 0 aliphatic rings. The van der Waals surface area contributed by atoms with Gasteiger partial charge in [-0.3, -0.25) is 0 Å². The number of hydrogen-bond acceptors (Lipinski definition) is 8. The van der Waals surface area contributed by atoms with Gasteiger partial charge >= 0.3 is 12.2 Å². The van der Waals surface area contributed by atoms with E-state index in [2.05, 4.69) is 42.6 Å². The number of halogens is 1. The summed E-state index contributed by atoms with van der Waals surface area (Å²) in [6, 6.07) is 9.01. The average Bonchev–Trinajstić information content (AvgIpc) is 3.13. The van der Waals surface area contributed by atoms with E-state index in [1.807, 2.05) is 19.1 Å². The number of nitriles is 1. The van der Waals surface area contributed by atoms with Gasteiger partial charge in [0.15, 0.2) is 5.69 Å². The van der Waals surface area contributed by atoms with Crippen LogP contribution in [0.2, 0.25) is 0 Å². The van der Waals surface area contributed by atoms with Crippen LogP contribution in [0.15, 0.2) is 34.9 Å². The molecule has 0 aliphatic heterocycles. The lowest BCUT2D eigenvalue weighted by Crippen LogP contribution is -2.40. The summed E-state index contributed by atoms with van der Waals surface area (Å²) in [5.41, 5.74) is -0.0882. The third kappa shape index (κ3) is 7.43. The van der Waals surface area contributed by atoms with Crippen molar-refractivity contribution >= 4 is 44.8 Å². The van der Waals surface area contributed by atoms with E-state index in [1.165, 1.54) is 10.8 Å². The van der Waals surface area contributed by atoms with Gasteiger partial charge in [-0.1, -0.05) is 15.9 Å². The minimum Gasteiger partial charge on any atom is -0.444 e. The molecule has 2 heterocycles. The van der Waals surface area contributed by atoms with Gasteiger partial charge in [-0.05, 0) is 72.7 Å². The van der Waals surface area contributed by atoms with Crippen molar-refractivity contribution in [3.05, 3.63) is 40.6 Å². The predicted molar refractivity (Wildman–Crippen MR) is 144 cm³/mol. The smallest absolute Gasteiger partial charge is 0.419 e. The first kappa shape index (κ1) is 27.9. The summed E-state index contributed by atoms with van der Waals surface area (Å²) < 4.78 is 13.2. The van der Waals surface area contributed by atoms with E-state index in [0.717, 1.165) is 9.86 Å². The fourth-order valence-corrected chi connectivity index (χ4v) is 3.80. The highest BCUT2D eigenvalue weighted by molar-refractivity contribution is 9.10. The Morgan fingerprint density at radius 3 is 2.43 bits per heavy atom. The summed E-state index contributed by atoms with van der Waals surface area (Å²) in [5.74, 6) is 0.369. The van der Waals surface area contributed by atoms with Crippen molar-refractivity contribution in [1.29, 1.82) is 5.26 Å². The van der Waals surface area contributed by atoms with Crippen molar-refractivity contribution in [1.82, 2.24) is 19.9 Å². The van der Waals surface area contributed by atoms with E-state index >= 15 is 0 Å². The lowest BCUT2D eigenvalue weighted by molar-refractivity contribution is 0.0507. The first-order valence-electron chi connectivity index (χ1n) is 11.7. The molecule has 0 radical (unpaired) electrons. The molecule has 2 aromatic heterocycles. The number of rotatable bonds is 5. The van der Waals surface area contributed by atoms with Gasteiger partial charge in [0.25, 0.3) is 0 Å². The van der Waals surface area contributed by atoms with Crippen molar-refractivity contribution in [3.8, 4) is 17.5 Å². The van der Waals surface area contributed by atoms with E-state index in [0.29, 0.717) is 23.6 Å². The average molecular weight is 571 g/mol. The number of carbonyl (C=O) groups excluding carboxylic acids is 2. The van der Waals surface area contributed by atoms with Crippen LogP contribution in [0, 0.1) is 11.3 Å². The van der Waals surface area contributed by atoms with Crippen LogP contribution < -0.4 is 10.6 Å². The Morgan fingerprint density at radius 2 is 1.81 bits per heavy atom. The fourth-order valence-electron chi connectivity index (χ4n) is 3.42. The highest BCUT2D eigenvalue weighted by Crippen LogP contribution is 2.32. The molecule has 1 amide bonds. The first-order valence-corrected chi connectivity index (χ1v) is 12.5. The van der Waals surface area contributed by atoms with Crippen molar-refractivity contribution in [2.45, 2.75) is 65.7 Å². The quantitative estimate of drug-likeness (QED) is 0.391. The van der Waals surface area contributed by atoms with Gasteiger partial charge < -0.3 is 20.1 Å². The largest absolute Gasteiger partial charge is 0.444 e. The number of benzene rings is 1. The van der Waals surface area contributed by atoms with Crippen molar-refractivity contribution in [3.63, 3.8) is 0 Å². The summed E-state index contributed by atoms with van der Waals surface area (Å²) in [6.45, 7) is 12.9. The molecule has 0 saturated carbocycles. The maximum atomic E-state index is 13.2. The molecule has 3 rings (SSSR count). The Balaban J connectivity index is 1.96. The number of ether oxygens (including phenoxy) is 2. The van der Waals surface area contributed by atoms with Crippen LogP contribution in [0.25, 0.3) is 22.3 Å². The number of nitrogens with zero attached hydrogens (tertiary/aromatic N) is 4. The summed E-state index contributed by atoms with van der Waals surface area (Å²) in [5, 5.41) is 16.4. The van der Waals surface area contributed by atoms with Crippen LogP contribution in [0.3, 0.4) is 0 Å². The molecular weight excluding hydrogens is 540 g/mol. The number of anilines is 1. The molecule has 0 fully saturated rings. The second-order valence-electron chi connectivity index (χ2n) is 10.5. The van der Waals surface area contributed by atoms with Crippen LogP contribution >= 0.6 is 15.9 Å². The van der Waals surface area contributed by atoms with Gasteiger partial charge in [0, 0.05) is 22.4 Å². The van der Waals surface area contributed by atoms with E-state index in [9.17, 15) is 14.9 Å². The monoisotopic (exact) mass is 570 g/mol. The SMILES string of the molecule is CC(CNc1cnc(C#N)c(-c2cc3cc(Br)ccc3n2C(=O)OC(C)(C)C)n1)NC(=O)OC(C)(C)C. The zero-order valence-corrected chi connectivity index (χ0v) is 23.6. The summed E-state index contributed by atoms with van der Waals surface area (Å²) in [4.78, 5) is 34.1. The van der Waals surface area contributed by atoms with Crippen molar-refractivity contribution < 1.29 is 19.1 Å². The van der Waals surface area contributed by atoms with E-state index in [1.54, 1.807) is 53.7 Å². The molecule has 0 saturated heterocycles. The number of carbonyl (C=O) groups is 2. The molecule has 10 nitrogen and oxygen atoms in total. The molecule has 196 valence electrons. The molecule has 1 atom stereocenters. The zero-order chi connectivity index (χ0) is 27.5. The number of alkyl carbamates (subject to hydrolysis) is 1. The number of amides is 1. The highest BCUT2D eigenvalue weighted by Gasteiger charge is 2.25. The van der Waals surface area contributed by atoms with Gasteiger partial charge in [-0.2, -0.15) is 5.26 Å². The maximum absolute atomic E-state index is 13.2. The zero-order valence-electron chi connectivity index (χ0n) is 22.0. The maximum Gasteiger partial charge on any atom is 0.419 e.